The quantitative estimate of drug-likeness (QED) is 0.837. The first-order valence-corrected chi connectivity index (χ1v) is 7.52. The van der Waals surface area contributed by atoms with Crippen molar-refractivity contribution in [1.29, 1.82) is 0 Å². The van der Waals surface area contributed by atoms with Crippen molar-refractivity contribution < 1.29 is 22.7 Å². The lowest BCUT2D eigenvalue weighted by atomic mass is 10.1. The Labute approximate surface area is 137 Å². The summed E-state index contributed by atoms with van der Waals surface area (Å²) in [5.74, 6) is -0.556. The van der Waals surface area contributed by atoms with E-state index in [1.54, 1.807) is 17.0 Å². The Kier molecular flexibility index (Phi) is 5.89. The predicted octanol–water partition coefficient (Wildman–Crippen LogP) is 2.73. The van der Waals surface area contributed by atoms with Crippen molar-refractivity contribution >= 4 is 17.5 Å². The second-order valence-corrected chi connectivity index (χ2v) is 5.95. The molecule has 1 atom stereocenters. The van der Waals surface area contributed by atoms with Gasteiger partial charge in [-0.2, -0.15) is 13.2 Å². The smallest absolute Gasteiger partial charge is 0.371 e. The molecule has 0 radical (unpaired) electrons. The highest BCUT2D eigenvalue weighted by Crippen LogP contribution is 2.24. The van der Waals surface area contributed by atoms with E-state index >= 15 is 0 Å². The third-order valence-electron chi connectivity index (χ3n) is 3.59. The number of nitrogens with zero attached hydrogens (tertiary/aromatic N) is 2. The van der Waals surface area contributed by atoms with Crippen LogP contribution in [0.1, 0.15) is 11.7 Å². The van der Waals surface area contributed by atoms with Gasteiger partial charge in [0.25, 0.3) is 0 Å². The standard InChI is InChI=1S/C15H18ClF3N2O2/c1-20(10-15(17,18)19)14(22)9-21-6-7-23-13(8-21)11-2-4-12(16)5-3-11/h2-5,13H,6-10H2,1H3/t13-/m1/s1. The highest BCUT2D eigenvalue weighted by molar-refractivity contribution is 6.30. The highest BCUT2D eigenvalue weighted by Gasteiger charge is 2.32. The summed E-state index contributed by atoms with van der Waals surface area (Å²) in [6.07, 6.45) is -4.61. The van der Waals surface area contributed by atoms with Gasteiger partial charge in [0, 0.05) is 25.2 Å². The third kappa shape index (κ3) is 5.67. The number of amides is 1. The van der Waals surface area contributed by atoms with Gasteiger partial charge in [-0.3, -0.25) is 9.69 Å². The molecule has 0 bridgehead atoms. The van der Waals surface area contributed by atoms with Crippen LogP contribution in [0.3, 0.4) is 0 Å². The molecule has 1 saturated heterocycles. The Morgan fingerprint density at radius 1 is 1.39 bits per heavy atom. The number of likely N-dealkylation sites (N-methyl/N-ethyl adjacent to an activating group) is 1. The van der Waals surface area contributed by atoms with E-state index in [0.717, 1.165) is 12.6 Å². The molecular formula is C15H18ClF3N2O2. The van der Waals surface area contributed by atoms with Gasteiger partial charge in [0.05, 0.1) is 19.3 Å². The van der Waals surface area contributed by atoms with Crippen LogP contribution in [0.5, 0.6) is 0 Å². The Balaban J connectivity index is 1.91. The van der Waals surface area contributed by atoms with E-state index in [1.165, 1.54) is 0 Å². The van der Waals surface area contributed by atoms with Crippen LogP contribution >= 0.6 is 11.6 Å². The molecule has 0 spiro atoms. The normalized spacial score (nSPS) is 19.6. The molecule has 1 heterocycles. The molecule has 1 aromatic carbocycles. The van der Waals surface area contributed by atoms with Crippen LogP contribution < -0.4 is 0 Å². The number of carbonyl (C=O) groups excluding carboxylic acids is 1. The predicted molar refractivity (Wildman–Crippen MR) is 80.3 cm³/mol. The lowest BCUT2D eigenvalue weighted by Crippen LogP contribution is -2.46. The largest absolute Gasteiger partial charge is 0.406 e. The summed E-state index contributed by atoms with van der Waals surface area (Å²) < 4.78 is 42.6. The van der Waals surface area contributed by atoms with Gasteiger partial charge in [0.1, 0.15) is 6.54 Å². The van der Waals surface area contributed by atoms with Crippen molar-refractivity contribution in [2.45, 2.75) is 12.3 Å². The number of benzene rings is 1. The lowest BCUT2D eigenvalue weighted by Gasteiger charge is -2.33. The zero-order valence-corrected chi connectivity index (χ0v) is 13.4. The van der Waals surface area contributed by atoms with Gasteiger partial charge in [-0.15, -0.1) is 0 Å². The van der Waals surface area contributed by atoms with Gasteiger partial charge < -0.3 is 9.64 Å². The molecule has 4 nitrogen and oxygen atoms in total. The first-order valence-electron chi connectivity index (χ1n) is 7.15. The maximum Gasteiger partial charge on any atom is 0.406 e. The number of carbonyl (C=O) groups is 1. The lowest BCUT2D eigenvalue weighted by molar-refractivity contribution is -0.160. The second-order valence-electron chi connectivity index (χ2n) is 5.51. The van der Waals surface area contributed by atoms with E-state index in [9.17, 15) is 18.0 Å². The number of rotatable bonds is 4. The first kappa shape index (κ1) is 18.0. The number of alkyl halides is 3. The van der Waals surface area contributed by atoms with Crippen molar-refractivity contribution in [3.63, 3.8) is 0 Å². The number of ether oxygens (including phenoxy) is 1. The maximum absolute atomic E-state index is 12.3. The van der Waals surface area contributed by atoms with Crippen molar-refractivity contribution in [3.8, 4) is 0 Å². The van der Waals surface area contributed by atoms with Crippen molar-refractivity contribution in [3.05, 3.63) is 34.9 Å². The molecule has 23 heavy (non-hydrogen) atoms. The molecule has 8 heteroatoms. The highest BCUT2D eigenvalue weighted by atomic mass is 35.5. The second kappa shape index (κ2) is 7.51. The Morgan fingerprint density at radius 2 is 2.04 bits per heavy atom. The SMILES string of the molecule is CN(CC(F)(F)F)C(=O)CN1CCO[C@@H](c2ccc(Cl)cc2)C1. The molecule has 1 aliphatic heterocycles. The minimum absolute atomic E-state index is 0.0555. The Bertz CT molecular complexity index is 537. The topological polar surface area (TPSA) is 32.8 Å². The molecule has 1 fully saturated rings. The number of morpholine rings is 1. The molecule has 1 aromatic rings. The summed E-state index contributed by atoms with van der Waals surface area (Å²) in [7, 11) is 1.16. The zero-order chi connectivity index (χ0) is 17.0. The Hall–Kier alpha value is -1.31. The fraction of sp³-hybridized carbons (Fsp3) is 0.533. The summed E-state index contributed by atoms with van der Waals surface area (Å²) >= 11 is 5.84. The van der Waals surface area contributed by atoms with Gasteiger partial charge in [-0.05, 0) is 17.7 Å². The van der Waals surface area contributed by atoms with Crippen LogP contribution in [0.2, 0.25) is 5.02 Å². The maximum atomic E-state index is 12.3. The molecule has 1 amide bonds. The molecule has 0 aliphatic carbocycles. The summed E-state index contributed by atoms with van der Waals surface area (Å²) in [5, 5.41) is 0.616. The van der Waals surface area contributed by atoms with Crippen LogP contribution in [0.25, 0.3) is 0 Å². The first-order chi connectivity index (χ1) is 10.7. The number of hydrogen-bond acceptors (Lipinski definition) is 3. The molecule has 128 valence electrons. The van der Waals surface area contributed by atoms with E-state index in [4.69, 9.17) is 16.3 Å². The summed E-state index contributed by atoms with van der Waals surface area (Å²) in [6, 6.07) is 7.19. The fourth-order valence-electron chi connectivity index (χ4n) is 2.39. The van der Waals surface area contributed by atoms with Gasteiger partial charge in [0.15, 0.2) is 0 Å². The van der Waals surface area contributed by atoms with Gasteiger partial charge >= 0.3 is 6.18 Å². The van der Waals surface area contributed by atoms with Gasteiger partial charge in [-0.25, -0.2) is 0 Å². The third-order valence-corrected chi connectivity index (χ3v) is 3.85. The summed E-state index contributed by atoms with van der Waals surface area (Å²) in [6.45, 7) is 0.0866. The molecule has 2 rings (SSSR count). The van der Waals surface area contributed by atoms with Crippen LogP contribution in [0.15, 0.2) is 24.3 Å². The van der Waals surface area contributed by atoms with Crippen LogP contribution in [0, 0.1) is 0 Å². The van der Waals surface area contributed by atoms with Gasteiger partial charge in [0.2, 0.25) is 5.91 Å². The molecule has 1 aliphatic rings. The van der Waals surface area contributed by atoms with Crippen LogP contribution in [-0.2, 0) is 9.53 Å². The van der Waals surface area contributed by atoms with E-state index in [0.29, 0.717) is 29.6 Å². The Morgan fingerprint density at radius 3 is 2.65 bits per heavy atom. The van der Waals surface area contributed by atoms with E-state index < -0.39 is 18.6 Å². The van der Waals surface area contributed by atoms with Crippen LogP contribution in [-0.4, -0.2) is 61.7 Å². The van der Waals surface area contributed by atoms with Crippen LogP contribution in [0.4, 0.5) is 13.2 Å². The minimum atomic E-state index is -4.39. The number of halogens is 4. The van der Waals surface area contributed by atoms with Crippen molar-refractivity contribution in [2.24, 2.45) is 0 Å². The fourth-order valence-corrected chi connectivity index (χ4v) is 2.52. The van der Waals surface area contributed by atoms with Crippen molar-refractivity contribution in [2.75, 3.05) is 39.8 Å². The summed E-state index contributed by atoms with van der Waals surface area (Å²) in [4.78, 5) is 14.4. The van der Waals surface area contributed by atoms with E-state index in [1.807, 2.05) is 12.1 Å². The minimum Gasteiger partial charge on any atom is -0.371 e. The zero-order valence-electron chi connectivity index (χ0n) is 12.6. The number of hydrogen-bond donors (Lipinski definition) is 0. The molecule has 0 N–H and O–H groups in total. The molecule has 0 saturated carbocycles. The van der Waals surface area contributed by atoms with E-state index in [-0.39, 0.29) is 12.6 Å². The molecule has 0 aromatic heterocycles. The molecule has 0 unspecified atom stereocenters. The van der Waals surface area contributed by atoms with E-state index in [2.05, 4.69) is 0 Å². The van der Waals surface area contributed by atoms with Crippen molar-refractivity contribution in [1.82, 2.24) is 9.80 Å². The average molecular weight is 351 g/mol. The van der Waals surface area contributed by atoms with Gasteiger partial charge in [-0.1, -0.05) is 23.7 Å². The monoisotopic (exact) mass is 350 g/mol. The molecular weight excluding hydrogens is 333 g/mol. The summed E-state index contributed by atoms with van der Waals surface area (Å²) in [5.41, 5.74) is 0.926. The average Bonchev–Trinajstić information content (AvgIpc) is 2.46.